The maximum Gasteiger partial charge on any atom is 0.416 e. The van der Waals surface area contributed by atoms with E-state index < -0.39 is 18.1 Å². The highest BCUT2D eigenvalue weighted by atomic mass is 16.6. The zero-order chi connectivity index (χ0) is 15.6. The Morgan fingerprint density at radius 3 is 2.52 bits per heavy atom. The molecule has 0 aromatic carbocycles. The van der Waals surface area contributed by atoms with Crippen LogP contribution in [-0.4, -0.2) is 40.8 Å². The lowest BCUT2D eigenvalue weighted by Crippen LogP contribution is -2.49. The van der Waals surface area contributed by atoms with E-state index in [0.717, 1.165) is 25.7 Å². The third-order valence-electron chi connectivity index (χ3n) is 4.94. The summed E-state index contributed by atoms with van der Waals surface area (Å²) in [6.07, 6.45) is 3.42. The zero-order valence-corrected chi connectivity index (χ0v) is 13.2. The molecular formula is C16H27NO4. The van der Waals surface area contributed by atoms with Gasteiger partial charge in [-0.25, -0.2) is 9.69 Å². The number of hydrogen-bond donors (Lipinski definition) is 1. The Balaban J connectivity index is 2.21. The van der Waals surface area contributed by atoms with E-state index in [0.29, 0.717) is 6.42 Å². The molecule has 1 aliphatic heterocycles. The number of imide groups is 1. The molecule has 1 saturated heterocycles. The van der Waals surface area contributed by atoms with Crippen molar-refractivity contribution in [1.29, 1.82) is 0 Å². The number of cyclic esters (lactones) is 1. The van der Waals surface area contributed by atoms with E-state index in [4.69, 9.17) is 4.74 Å². The number of amides is 2. The predicted molar refractivity (Wildman–Crippen MR) is 78.6 cm³/mol. The Kier molecular flexibility index (Phi) is 5.25. The summed E-state index contributed by atoms with van der Waals surface area (Å²) in [6, 6.07) is -0.210. The number of rotatable bonds is 5. The monoisotopic (exact) mass is 297 g/mol. The van der Waals surface area contributed by atoms with Crippen LogP contribution in [0.2, 0.25) is 0 Å². The van der Waals surface area contributed by atoms with Crippen LogP contribution >= 0.6 is 0 Å². The van der Waals surface area contributed by atoms with Gasteiger partial charge in [0.15, 0.2) is 0 Å². The summed E-state index contributed by atoms with van der Waals surface area (Å²) < 4.78 is 5.07. The van der Waals surface area contributed by atoms with Gasteiger partial charge < -0.3 is 9.84 Å². The van der Waals surface area contributed by atoms with Gasteiger partial charge in [0.05, 0.1) is 18.1 Å². The van der Waals surface area contributed by atoms with Crippen LogP contribution in [0.4, 0.5) is 4.79 Å². The van der Waals surface area contributed by atoms with Crippen LogP contribution in [0.3, 0.4) is 0 Å². The Hall–Kier alpha value is -1.10. The molecule has 5 nitrogen and oxygen atoms in total. The predicted octanol–water partition coefficient (Wildman–Crippen LogP) is 2.57. The van der Waals surface area contributed by atoms with E-state index in [1.165, 1.54) is 4.90 Å². The van der Waals surface area contributed by atoms with Crippen molar-refractivity contribution < 1.29 is 19.4 Å². The Bertz CT molecular complexity index is 390. The minimum Gasteiger partial charge on any atom is -0.447 e. The van der Waals surface area contributed by atoms with Gasteiger partial charge in [-0.2, -0.15) is 0 Å². The fourth-order valence-corrected chi connectivity index (χ4v) is 3.59. The van der Waals surface area contributed by atoms with Gasteiger partial charge in [-0.05, 0) is 31.1 Å². The first-order chi connectivity index (χ1) is 9.97. The van der Waals surface area contributed by atoms with Crippen LogP contribution in [0.5, 0.6) is 0 Å². The van der Waals surface area contributed by atoms with Gasteiger partial charge in [0.2, 0.25) is 5.91 Å². The van der Waals surface area contributed by atoms with Crippen LogP contribution in [0.1, 0.15) is 52.9 Å². The lowest BCUT2D eigenvalue weighted by atomic mass is 9.83. The van der Waals surface area contributed by atoms with Crippen LogP contribution in [0, 0.1) is 17.8 Å². The number of aliphatic hydroxyl groups is 1. The molecule has 2 amide bonds. The molecule has 1 saturated carbocycles. The van der Waals surface area contributed by atoms with Crippen molar-refractivity contribution in [1.82, 2.24) is 4.90 Å². The summed E-state index contributed by atoms with van der Waals surface area (Å²) in [6.45, 7) is 6.10. The molecule has 1 heterocycles. The van der Waals surface area contributed by atoms with Crippen molar-refractivity contribution in [3.63, 3.8) is 0 Å². The molecule has 120 valence electrons. The second-order valence-electron chi connectivity index (χ2n) is 6.64. The van der Waals surface area contributed by atoms with Crippen LogP contribution in [-0.2, 0) is 9.53 Å². The summed E-state index contributed by atoms with van der Waals surface area (Å²) in [4.78, 5) is 26.2. The molecule has 21 heavy (non-hydrogen) atoms. The quantitative estimate of drug-likeness (QED) is 0.847. The van der Waals surface area contributed by atoms with Gasteiger partial charge in [-0.1, -0.05) is 33.6 Å². The van der Waals surface area contributed by atoms with Crippen molar-refractivity contribution in [3.05, 3.63) is 0 Å². The first kappa shape index (κ1) is 16.3. The van der Waals surface area contributed by atoms with Crippen molar-refractivity contribution >= 4 is 12.0 Å². The molecule has 2 fully saturated rings. The highest BCUT2D eigenvalue weighted by Crippen LogP contribution is 2.36. The van der Waals surface area contributed by atoms with Crippen LogP contribution < -0.4 is 0 Å². The third kappa shape index (κ3) is 3.23. The molecule has 0 bridgehead atoms. The van der Waals surface area contributed by atoms with E-state index in [1.54, 1.807) is 0 Å². The summed E-state index contributed by atoms with van der Waals surface area (Å²) in [5.74, 6) is -0.362. The second-order valence-corrected chi connectivity index (χ2v) is 6.64. The summed E-state index contributed by atoms with van der Waals surface area (Å²) in [5, 5.41) is 10.3. The lowest BCUT2D eigenvalue weighted by molar-refractivity contribution is -0.140. The molecule has 5 heteroatoms. The van der Waals surface area contributed by atoms with E-state index in [1.807, 2.05) is 20.8 Å². The highest BCUT2D eigenvalue weighted by Gasteiger charge is 2.46. The fourth-order valence-electron chi connectivity index (χ4n) is 3.59. The molecule has 1 aliphatic carbocycles. The number of carbonyl (C=O) groups is 2. The fraction of sp³-hybridized carbons (Fsp3) is 0.875. The smallest absolute Gasteiger partial charge is 0.416 e. The number of aliphatic hydroxyl groups excluding tert-OH is 1. The van der Waals surface area contributed by atoms with E-state index >= 15 is 0 Å². The first-order valence-corrected chi connectivity index (χ1v) is 8.15. The lowest BCUT2D eigenvalue weighted by Gasteiger charge is -2.32. The molecule has 2 rings (SSSR count). The minimum absolute atomic E-state index is 0.156. The molecule has 1 N–H and O–H groups in total. The Labute approximate surface area is 126 Å². The molecule has 2 aliphatic rings. The largest absolute Gasteiger partial charge is 0.447 e. The Morgan fingerprint density at radius 2 is 2.00 bits per heavy atom. The van der Waals surface area contributed by atoms with Crippen molar-refractivity contribution in [2.24, 2.45) is 17.8 Å². The van der Waals surface area contributed by atoms with E-state index in [9.17, 15) is 14.7 Å². The van der Waals surface area contributed by atoms with E-state index in [2.05, 4.69) is 0 Å². The Morgan fingerprint density at radius 1 is 1.38 bits per heavy atom. The third-order valence-corrected chi connectivity index (χ3v) is 4.94. The highest BCUT2D eigenvalue weighted by molar-refractivity contribution is 5.95. The molecule has 0 radical (unpaired) electrons. The standard InChI is InChI=1S/C16H27NO4/c1-4-13(18)14(11-7-5-6-8-11)15(19)17-12(10(2)3)9-21-16(17)20/h10-14,18H,4-9H2,1-3H3/t12?,13-,14-/m1/s1. The SMILES string of the molecule is CC[C@@H](O)[C@H](C(=O)N1C(=O)OCC1C(C)C)C1CCCC1. The topological polar surface area (TPSA) is 66.8 Å². The number of ether oxygens (including phenoxy) is 1. The maximum atomic E-state index is 12.9. The van der Waals surface area contributed by atoms with Crippen molar-refractivity contribution in [2.45, 2.75) is 65.0 Å². The maximum absolute atomic E-state index is 12.9. The summed E-state index contributed by atoms with van der Waals surface area (Å²) in [5.41, 5.74) is 0. The van der Waals surface area contributed by atoms with E-state index in [-0.39, 0.29) is 30.4 Å². The van der Waals surface area contributed by atoms with Gasteiger partial charge >= 0.3 is 6.09 Å². The molecule has 0 aromatic rings. The molecular weight excluding hydrogens is 270 g/mol. The number of nitrogens with zero attached hydrogens (tertiary/aromatic N) is 1. The normalized spacial score (nSPS) is 26.2. The zero-order valence-electron chi connectivity index (χ0n) is 13.2. The number of carbonyl (C=O) groups excluding carboxylic acids is 2. The van der Waals surface area contributed by atoms with Gasteiger partial charge in [-0.15, -0.1) is 0 Å². The number of hydrogen-bond acceptors (Lipinski definition) is 4. The minimum atomic E-state index is -0.679. The molecule has 0 spiro atoms. The van der Waals surface area contributed by atoms with Crippen molar-refractivity contribution in [2.75, 3.05) is 6.61 Å². The summed E-state index contributed by atoms with van der Waals surface area (Å²) >= 11 is 0. The first-order valence-electron chi connectivity index (χ1n) is 8.15. The van der Waals surface area contributed by atoms with Crippen LogP contribution in [0.25, 0.3) is 0 Å². The average molecular weight is 297 g/mol. The second kappa shape index (κ2) is 6.77. The van der Waals surface area contributed by atoms with Crippen molar-refractivity contribution in [3.8, 4) is 0 Å². The molecule has 0 aromatic heterocycles. The average Bonchev–Trinajstić information content (AvgIpc) is 3.08. The van der Waals surface area contributed by atoms with Crippen LogP contribution in [0.15, 0.2) is 0 Å². The molecule has 3 atom stereocenters. The van der Waals surface area contributed by atoms with Gasteiger partial charge in [-0.3, -0.25) is 4.79 Å². The van der Waals surface area contributed by atoms with Gasteiger partial charge in [0.25, 0.3) is 0 Å². The molecule has 1 unspecified atom stereocenters. The van der Waals surface area contributed by atoms with Gasteiger partial charge in [0, 0.05) is 0 Å². The van der Waals surface area contributed by atoms with Gasteiger partial charge in [0.1, 0.15) is 6.61 Å². The summed E-state index contributed by atoms with van der Waals surface area (Å²) in [7, 11) is 0.